The van der Waals surface area contributed by atoms with Crippen molar-refractivity contribution < 1.29 is 13.2 Å². The average molecular weight is 242 g/mol. The van der Waals surface area contributed by atoms with Crippen LogP contribution in [0.25, 0.3) is 5.69 Å². The third-order valence-electron chi connectivity index (χ3n) is 2.16. The van der Waals surface area contributed by atoms with E-state index in [1.165, 1.54) is 6.20 Å². The molecule has 2 rings (SSSR count). The fourth-order valence-electron chi connectivity index (χ4n) is 1.39. The lowest BCUT2D eigenvalue weighted by molar-refractivity contribution is 0.487. The van der Waals surface area contributed by atoms with Gasteiger partial charge in [0.25, 0.3) is 0 Å². The molecule has 0 saturated heterocycles. The van der Waals surface area contributed by atoms with Gasteiger partial charge in [-0.1, -0.05) is 5.21 Å². The van der Waals surface area contributed by atoms with E-state index in [1.807, 2.05) is 0 Å². The van der Waals surface area contributed by atoms with Crippen LogP contribution in [0.15, 0.2) is 18.3 Å². The molecule has 0 spiro atoms. The number of rotatable bonds is 3. The van der Waals surface area contributed by atoms with Gasteiger partial charge in [-0.3, -0.25) is 0 Å². The van der Waals surface area contributed by atoms with Crippen LogP contribution < -0.4 is 5.73 Å². The highest BCUT2D eigenvalue weighted by atomic mass is 19.2. The van der Waals surface area contributed by atoms with Gasteiger partial charge in [-0.2, -0.15) is 0 Å². The van der Waals surface area contributed by atoms with Gasteiger partial charge in [-0.05, 0) is 6.54 Å². The molecule has 0 saturated carbocycles. The largest absolute Gasteiger partial charge is 0.330 e. The quantitative estimate of drug-likeness (QED) is 0.822. The standard InChI is InChI=1S/C10H9F3N4/c11-6-3-8(12)10(13)9(4-6)17-5-7(1-2-14)15-16-17/h3-5H,1-2,14H2. The summed E-state index contributed by atoms with van der Waals surface area (Å²) in [4.78, 5) is 0. The molecule has 90 valence electrons. The van der Waals surface area contributed by atoms with Gasteiger partial charge < -0.3 is 5.73 Å². The molecule has 2 aromatic rings. The van der Waals surface area contributed by atoms with Crippen molar-refractivity contribution in [2.75, 3.05) is 6.54 Å². The summed E-state index contributed by atoms with van der Waals surface area (Å²) in [7, 11) is 0. The topological polar surface area (TPSA) is 56.7 Å². The molecule has 1 heterocycles. The van der Waals surface area contributed by atoms with Gasteiger partial charge >= 0.3 is 0 Å². The van der Waals surface area contributed by atoms with Crippen molar-refractivity contribution in [3.8, 4) is 5.69 Å². The van der Waals surface area contributed by atoms with Crippen LogP contribution in [0.4, 0.5) is 13.2 Å². The zero-order valence-corrected chi connectivity index (χ0v) is 8.70. The van der Waals surface area contributed by atoms with Crippen molar-refractivity contribution in [1.29, 1.82) is 0 Å². The Morgan fingerprint density at radius 3 is 2.71 bits per heavy atom. The Labute approximate surface area is 94.9 Å². The number of aromatic nitrogens is 3. The number of benzene rings is 1. The second kappa shape index (κ2) is 4.54. The molecule has 0 atom stereocenters. The minimum absolute atomic E-state index is 0.321. The lowest BCUT2D eigenvalue weighted by Crippen LogP contribution is -2.03. The molecule has 0 aliphatic rings. The molecule has 1 aromatic heterocycles. The molecule has 0 fully saturated rings. The van der Waals surface area contributed by atoms with Crippen LogP contribution in [0.1, 0.15) is 5.69 Å². The monoisotopic (exact) mass is 242 g/mol. The predicted octanol–water partition coefficient (Wildman–Crippen LogP) is 1.19. The number of hydrogen-bond acceptors (Lipinski definition) is 3. The molecule has 7 heteroatoms. The fourth-order valence-corrected chi connectivity index (χ4v) is 1.39. The normalized spacial score (nSPS) is 10.8. The maximum absolute atomic E-state index is 13.4. The van der Waals surface area contributed by atoms with E-state index in [0.717, 1.165) is 10.7 Å². The van der Waals surface area contributed by atoms with Crippen LogP contribution in [-0.4, -0.2) is 21.5 Å². The Morgan fingerprint density at radius 1 is 1.24 bits per heavy atom. The summed E-state index contributed by atoms with van der Waals surface area (Å²) in [5, 5.41) is 7.29. The van der Waals surface area contributed by atoms with Gasteiger partial charge in [0, 0.05) is 18.6 Å². The summed E-state index contributed by atoms with van der Waals surface area (Å²) >= 11 is 0. The Morgan fingerprint density at radius 2 is 2.00 bits per heavy atom. The van der Waals surface area contributed by atoms with Gasteiger partial charge in [0.15, 0.2) is 11.6 Å². The Balaban J connectivity index is 2.44. The molecule has 0 aliphatic heterocycles. The Bertz CT molecular complexity index is 538. The number of nitrogens with zero attached hydrogens (tertiary/aromatic N) is 3. The fraction of sp³-hybridized carbons (Fsp3) is 0.200. The van der Waals surface area contributed by atoms with Crippen LogP contribution in [0.2, 0.25) is 0 Å². The molecule has 0 bridgehead atoms. The maximum atomic E-state index is 13.4. The molecular weight excluding hydrogens is 233 g/mol. The van der Waals surface area contributed by atoms with E-state index in [9.17, 15) is 13.2 Å². The van der Waals surface area contributed by atoms with Crippen LogP contribution in [-0.2, 0) is 6.42 Å². The van der Waals surface area contributed by atoms with Crippen molar-refractivity contribution in [1.82, 2.24) is 15.0 Å². The molecular formula is C10H9F3N4. The smallest absolute Gasteiger partial charge is 0.184 e. The zero-order valence-electron chi connectivity index (χ0n) is 8.70. The highest BCUT2D eigenvalue weighted by Crippen LogP contribution is 2.17. The molecule has 0 radical (unpaired) electrons. The Kier molecular flexibility index (Phi) is 3.10. The van der Waals surface area contributed by atoms with Gasteiger partial charge in [0.05, 0.1) is 11.9 Å². The molecule has 17 heavy (non-hydrogen) atoms. The van der Waals surface area contributed by atoms with Gasteiger partial charge in [-0.15, -0.1) is 5.10 Å². The van der Waals surface area contributed by atoms with E-state index >= 15 is 0 Å². The van der Waals surface area contributed by atoms with Crippen LogP contribution in [0, 0.1) is 17.5 Å². The summed E-state index contributed by atoms with van der Waals surface area (Å²) in [5.41, 5.74) is 5.52. The van der Waals surface area contributed by atoms with Gasteiger partial charge in [0.1, 0.15) is 11.5 Å². The van der Waals surface area contributed by atoms with Crippen LogP contribution >= 0.6 is 0 Å². The zero-order chi connectivity index (χ0) is 12.4. The molecule has 1 aromatic carbocycles. The Hall–Kier alpha value is -1.89. The highest BCUT2D eigenvalue weighted by Gasteiger charge is 2.14. The lowest BCUT2D eigenvalue weighted by Gasteiger charge is -2.02. The van der Waals surface area contributed by atoms with Crippen molar-refractivity contribution in [3.05, 3.63) is 41.5 Å². The second-order valence-electron chi connectivity index (χ2n) is 3.41. The average Bonchev–Trinajstić information content (AvgIpc) is 2.72. The molecule has 0 amide bonds. The minimum Gasteiger partial charge on any atom is -0.330 e. The SMILES string of the molecule is NCCc1cn(-c2cc(F)cc(F)c2F)nn1. The van der Waals surface area contributed by atoms with Crippen molar-refractivity contribution in [3.63, 3.8) is 0 Å². The maximum Gasteiger partial charge on any atom is 0.184 e. The van der Waals surface area contributed by atoms with E-state index in [1.54, 1.807) is 0 Å². The minimum atomic E-state index is -1.27. The lowest BCUT2D eigenvalue weighted by atomic mass is 10.3. The first-order chi connectivity index (χ1) is 8.11. The number of halogens is 3. The highest BCUT2D eigenvalue weighted by molar-refractivity contribution is 5.34. The van der Waals surface area contributed by atoms with E-state index in [4.69, 9.17) is 5.73 Å². The van der Waals surface area contributed by atoms with E-state index < -0.39 is 17.5 Å². The summed E-state index contributed by atoms with van der Waals surface area (Å²) < 4.78 is 40.3. The summed E-state index contributed by atoms with van der Waals surface area (Å²) in [5.74, 6) is -3.32. The third-order valence-corrected chi connectivity index (χ3v) is 2.16. The first-order valence-electron chi connectivity index (χ1n) is 4.88. The van der Waals surface area contributed by atoms with Crippen molar-refractivity contribution >= 4 is 0 Å². The van der Waals surface area contributed by atoms with Crippen LogP contribution in [0.3, 0.4) is 0 Å². The van der Waals surface area contributed by atoms with E-state index in [-0.39, 0.29) is 5.69 Å². The predicted molar refractivity (Wildman–Crippen MR) is 54.0 cm³/mol. The van der Waals surface area contributed by atoms with Crippen molar-refractivity contribution in [2.24, 2.45) is 5.73 Å². The van der Waals surface area contributed by atoms with E-state index in [0.29, 0.717) is 24.7 Å². The second-order valence-corrected chi connectivity index (χ2v) is 3.41. The summed E-state index contributed by atoms with van der Waals surface area (Å²) in [6, 6.07) is 1.32. The number of hydrogen-bond donors (Lipinski definition) is 1. The van der Waals surface area contributed by atoms with Gasteiger partial charge in [-0.25, -0.2) is 17.9 Å². The summed E-state index contributed by atoms with van der Waals surface area (Å²) in [6.07, 6.45) is 1.84. The summed E-state index contributed by atoms with van der Waals surface area (Å²) in [6.45, 7) is 0.360. The van der Waals surface area contributed by atoms with Crippen molar-refractivity contribution in [2.45, 2.75) is 6.42 Å². The molecule has 4 nitrogen and oxygen atoms in total. The van der Waals surface area contributed by atoms with E-state index in [2.05, 4.69) is 10.3 Å². The molecule has 0 aliphatic carbocycles. The van der Waals surface area contributed by atoms with Crippen LogP contribution in [0.5, 0.6) is 0 Å². The van der Waals surface area contributed by atoms with Gasteiger partial charge in [0.2, 0.25) is 0 Å². The third kappa shape index (κ3) is 2.28. The molecule has 2 N–H and O–H groups in total. The number of nitrogens with two attached hydrogens (primary N) is 1. The first-order valence-corrected chi connectivity index (χ1v) is 4.88. The molecule has 0 unspecified atom stereocenters. The first kappa shape index (κ1) is 11.6.